The molecule has 0 saturated carbocycles. The number of aromatic amines is 1. The van der Waals surface area contributed by atoms with Crippen molar-refractivity contribution in [2.45, 2.75) is 25.9 Å². The van der Waals surface area contributed by atoms with Crippen LogP contribution in [0.1, 0.15) is 13.8 Å². The average Bonchev–Trinajstić information content (AvgIpc) is 3.09. The number of piperazine rings is 1. The second-order valence-corrected chi connectivity index (χ2v) is 7.26. The minimum Gasteiger partial charge on any atom is -0.339 e. The fourth-order valence-electron chi connectivity index (χ4n) is 3.24. The second kappa shape index (κ2) is 8.05. The first-order valence-electron chi connectivity index (χ1n) is 9.35. The number of fused-ring (bicyclic) bond motifs is 1. The fourth-order valence-corrected chi connectivity index (χ4v) is 3.24. The van der Waals surface area contributed by atoms with Crippen LogP contribution in [-0.4, -0.2) is 84.6 Å². The van der Waals surface area contributed by atoms with E-state index < -0.39 is 0 Å². The van der Waals surface area contributed by atoms with Gasteiger partial charge in [0.2, 0.25) is 11.9 Å². The molecule has 7 nitrogen and oxygen atoms in total. The van der Waals surface area contributed by atoms with E-state index >= 15 is 0 Å². The Hall–Kier alpha value is -2.12. The molecular formula is C19H30N6O. The highest BCUT2D eigenvalue weighted by atomic mass is 16.2. The molecule has 1 aliphatic rings. The number of hydrogen-bond acceptors (Lipinski definition) is 5. The molecule has 3 rings (SSSR count). The number of H-pyrrole nitrogens is 1. The standard InChI is InChI=1S/C19H30N6O/c1-14(2)23(4)13-17(20-3)18(26)24-9-11-25(12-10-24)19-21-15-7-5-6-8-16(15)22-19/h5-8,14,17,20H,9-13H2,1-4H3,(H,21,22)/t17-/m1/s1. The number of amides is 1. The normalized spacial score (nSPS) is 16.7. The van der Waals surface area contributed by atoms with Crippen molar-refractivity contribution in [1.82, 2.24) is 25.1 Å². The third-order valence-corrected chi connectivity index (χ3v) is 5.27. The molecule has 2 N–H and O–H groups in total. The summed E-state index contributed by atoms with van der Waals surface area (Å²) in [5.74, 6) is 1.08. The number of carbonyl (C=O) groups is 1. The van der Waals surface area contributed by atoms with Gasteiger partial charge in [-0.2, -0.15) is 0 Å². The minimum atomic E-state index is -0.167. The summed E-state index contributed by atoms with van der Waals surface area (Å²) in [6.45, 7) is 8.03. The molecule has 1 saturated heterocycles. The van der Waals surface area contributed by atoms with Crippen molar-refractivity contribution >= 4 is 22.9 Å². The molecular weight excluding hydrogens is 328 g/mol. The number of carbonyl (C=O) groups excluding carboxylic acids is 1. The molecule has 2 aromatic rings. The minimum absolute atomic E-state index is 0.167. The summed E-state index contributed by atoms with van der Waals surface area (Å²) in [6.07, 6.45) is 0. The summed E-state index contributed by atoms with van der Waals surface area (Å²) in [4.78, 5) is 27.3. The lowest BCUT2D eigenvalue weighted by molar-refractivity contribution is -0.134. The molecule has 0 unspecified atom stereocenters. The van der Waals surface area contributed by atoms with Crippen LogP contribution >= 0.6 is 0 Å². The number of imidazole rings is 1. The Morgan fingerprint density at radius 3 is 2.58 bits per heavy atom. The predicted octanol–water partition coefficient (Wildman–Crippen LogP) is 1.14. The van der Waals surface area contributed by atoms with E-state index in [0.29, 0.717) is 6.04 Å². The Bertz CT molecular complexity index is 701. The zero-order valence-corrected chi connectivity index (χ0v) is 16.2. The lowest BCUT2D eigenvalue weighted by Gasteiger charge is -2.37. The Kier molecular flexibility index (Phi) is 5.78. The molecule has 1 aliphatic heterocycles. The maximum atomic E-state index is 12.9. The summed E-state index contributed by atoms with van der Waals surface area (Å²) in [6, 6.07) is 8.30. The Balaban J connectivity index is 1.59. The van der Waals surface area contributed by atoms with Gasteiger partial charge in [-0.15, -0.1) is 0 Å². The van der Waals surface area contributed by atoms with E-state index in [4.69, 9.17) is 0 Å². The molecule has 1 fully saturated rings. The molecule has 142 valence electrons. The number of hydrogen-bond donors (Lipinski definition) is 2. The summed E-state index contributed by atoms with van der Waals surface area (Å²) >= 11 is 0. The highest BCUT2D eigenvalue weighted by Gasteiger charge is 2.28. The number of anilines is 1. The Morgan fingerprint density at radius 1 is 1.27 bits per heavy atom. The maximum Gasteiger partial charge on any atom is 0.241 e. The van der Waals surface area contributed by atoms with Crippen molar-refractivity contribution in [2.24, 2.45) is 0 Å². The first-order valence-corrected chi connectivity index (χ1v) is 9.35. The van der Waals surface area contributed by atoms with Gasteiger partial charge in [0.1, 0.15) is 0 Å². The fraction of sp³-hybridized carbons (Fsp3) is 0.579. The van der Waals surface area contributed by atoms with Crippen molar-refractivity contribution in [3.8, 4) is 0 Å². The summed E-state index contributed by atoms with van der Waals surface area (Å²) in [5, 5.41) is 3.18. The van der Waals surface area contributed by atoms with Crippen LogP contribution in [0.2, 0.25) is 0 Å². The number of rotatable bonds is 6. The van der Waals surface area contributed by atoms with Crippen molar-refractivity contribution in [1.29, 1.82) is 0 Å². The van der Waals surface area contributed by atoms with E-state index in [9.17, 15) is 4.79 Å². The zero-order valence-electron chi connectivity index (χ0n) is 16.2. The molecule has 0 bridgehead atoms. The number of likely N-dealkylation sites (N-methyl/N-ethyl adjacent to an activating group) is 2. The predicted molar refractivity (Wildman–Crippen MR) is 106 cm³/mol. The van der Waals surface area contributed by atoms with E-state index in [0.717, 1.165) is 49.7 Å². The van der Waals surface area contributed by atoms with Gasteiger partial charge in [0, 0.05) is 38.8 Å². The van der Waals surface area contributed by atoms with E-state index in [1.54, 1.807) is 0 Å². The molecule has 0 radical (unpaired) electrons. The molecule has 1 aromatic heterocycles. The molecule has 0 spiro atoms. The molecule has 26 heavy (non-hydrogen) atoms. The van der Waals surface area contributed by atoms with E-state index in [1.807, 2.05) is 36.2 Å². The SMILES string of the molecule is CN[C@H](CN(C)C(C)C)C(=O)N1CCN(c2nc3ccccc3[nH]2)CC1. The third-order valence-electron chi connectivity index (χ3n) is 5.27. The molecule has 7 heteroatoms. The van der Waals surface area contributed by atoms with Crippen LogP contribution in [0.3, 0.4) is 0 Å². The average molecular weight is 358 g/mol. The molecule has 0 aliphatic carbocycles. The van der Waals surface area contributed by atoms with Crippen molar-refractivity contribution in [3.05, 3.63) is 24.3 Å². The lowest BCUT2D eigenvalue weighted by Crippen LogP contribution is -2.56. The van der Waals surface area contributed by atoms with Gasteiger partial charge in [-0.1, -0.05) is 12.1 Å². The number of nitrogens with one attached hydrogen (secondary N) is 2. The second-order valence-electron chi connectivity index (χ2n) is 7.26. The Labute approximate surface area is 155 Å². The number of benzene rings is 1. The summed E-state index contributed by atoms with van der Waals surface area (Å²) < 4.78 is 0. The monoisotopic (exact) mass is 358 g/mol. The first kappa shape index (κ1) is 18.7. The van der Waals surface area contributed by atoms with E-state index in [1.165, 1.54) is 0 Å². The van der Waals surface area contributed by atoms with Crippen LogP contribution < -0.4 is 10.2 Å². The molecule has 1 aromatic carbocycles. The van der Waals surface area contributed by atoms with Gasteiger partial charge in [-0.3, -0.25) is 4.79 Å². The van der Waals surface area contributed by atoms with Gasteiger partial charge in [-0.25, -0.2) is 4.98 Å². The summed E-state index contributed by atoms with van der Waals surface area (Å²) in [7, 11) is 3.92. The molecule has 1 atom stereocenters. The van der Waals surface area contributed by atoms with Gasteiger partial charge in [0.25, 0.3) is 0 Å². The summed E-state index contributed by atoms with van der Waals surface area (Å²) in [5.41, 5.74) is 2.03. The van der Waals surface area contributed by atoms with E-state index in [2.05, 4.69) is 46.0 Å². The molecule has 1 amide bonds. The topological polar surface area (TPSA) is 67.5 Å². The van der Waals surface area contributed by atoms with Crippen LogP contribution in [0.5, 0.6) is 0 Å². The van der Waals surface area contributed by atoms with Gasteiger partial charge in [-0.05, 0) is 40.1 Å². The number of nitrogens with zero attached hydrogens (tertiary/aromatic N) is 4. The third kappa shape index (κ3) is 3.99. The van der Waals surface area contributed by atoms with Gasteiger partial charge < -0.3 is 25.0 Å². The van der Waals surface area contributed by atoms with Crippen molar-refractivity contribution < 1.29 is 4.79 Å². The lowest BCUT2D eigenvalue weighted by atomic mass is 10.2. The first-order chi connectivity index (χ1) is 12.5. The van der Waals surface area contributed by atoms with Crippen LogP contribution in [-0.2, 0) is 4.79 Å². The largest absolute Gasteiger partial charge is 0.339 e. The van der Waals surface area contributed by atoms with Crippen LogP contribution in [0.4, 0.5) is 5.95 Å². The van der Waals surface area contributed by atoms with Gasteiger partial charge >= 0.3 is 0 Å². The Morgan fingerprint density at radius 2 is 1.96 bits per heavy atom. The molecule has 2 heterocycles. The van der Waals surface area contributed by atoms with Gasteiger partial charge in [0.05, 0.1) is 17.1 Å². The number of aromatic nitrogens is 2. The van der Waals surface area contributed by atoms with E-state index in [-0.39, 0.29) is 11.9 Å². The van der Waals surface area contributed by atoms with Crippen LogP contribution in [0, 0.1) is 0 Å². The number of para-hydroxylation sites is 2. The highest BCUT2D eigenvalue weighted by Crippen LogP contribution is 2.18. The highest BCUT2D eigenvalue weighted by molar-refractivity contribution is 5.82. The van der Waals surface area contributed by atoms with Crippen molar-refractivity contribution in [2.75, 3.05) is 51.7 Å². The van der Waals surface area contributed by atoms with Crippen molar-refractivity contribution in [3.63, 3.8) is 0 Å². The maximum absolute atomic E-state index is 12.9. The smallest absolute Gasteiger partial charge is 0.241 e. The quantitative estimate of drug-likeness (QED) is 0.811. The van der Waals surface area contributed by atoms with Crippen LogP contribution in [0.15, 0.2) is 24.3 Å². The van der Waals surface area contributed by atoms with Gasteiger partial charge in [0.15, 0.2) is 0 Å². The van der Waals surface area contributed by atoms with Crippen LogP contribution in [0.25, 0.3) is 11.0 Å². The zero-order chi connectivity index (χ0) is 18.7.